The number of hydrogen-bond donors (Lipinski definition) is 1. The lowest BCUT2D eigenvalue weighted by Gasteiger charge is -2.14. The third-order valence-electron chi connectivity index (χ3n) is 2.34. The van der Waals surface area contributed by atoms with E-state index in [1.807, 2.05) is 6.92 Å². The third kappa shape index (κ3) is 4.38. The van der Waals surface area contributed by atoms with Crippen molar-refractivity contribution in [2.24, 2.45) is 5.92 Å². The largest absolute Gasteiger partial charge is 0.467 e. The summed E-state index contributed by atoms with van der Waals surface area (Å²) in [4.78, 5) is 12.7. The number of aromatic nitrogens is 3. The topological polar surface area (TPSA) is 59.9 Å². The molecule has 0 aromatic carbocycles. The smallest absolute Gasteiger partial charge is 0.321 e. The summed E-state index contributed by atoms with van der Waals surface area (Å²) >= 11 is 1.64. The molecule has 1 heterocycles. The van der Waals surface area contributed by atoms with E-state index in [-0.39, 0.29) is 0 Å². The van der Waals surface area contributed by atoms with Gasteiger partial charge in [0, 0.05) is 11.8 Å². The highest BCUT2D eigenvalue weighted by Gasteiger charge is 2.13. The second kappa shape index (κ2) is 6.64. The van der Waals surface area contributed by atoms with Gasteiger partial charge in [0.1, 0.15) is 0 Å². The zero-order valence-electron chi connectivity index (χ0n) is 11.0. The molecule has 0 amide bonds. The van der Waals surface area contributed by atoms with Crippen LogP contribution in [0.2, 0.25) is 0 Å². The fourth-order valence-corrected chi connectivity index (χ4v) is 1.90. The van der Waals surface area contributed by atoms with Crippen LogP contribution in [-0.2, 0) is 0 Å². The molecule has 1 atom stereocenters. The summed E-state index contributed by atoms with van der Waals surface area (Å²) < 4.78 is 5.07. The van der Waals surface area contributed by atoms with Crippen molar-refractivity contribution in [2.45, 2.75) is 38.1 Å². The van der Waals surface area contributed by atoms with Crippen molar-refractivity contribution in [1.29, 1.82) is 0 Å². The van der Waals surface area contributed by atoms with Crippen molar-refractivity contribution in [2.75, 3.05) is 19.0 Å². The third-order valence-corrected chi connectivity index (χ3v) is 3.65. The number of nitrogens with one attached hydrogen (secondary N) is 1. The van der Waals surface area contributed by atoms with Crippen LogP contribution in [-0.4, -0.2) is 33.9 Å². The molecule has 0 fully saturated rings. The van der Waals surface area contributed by atoms with Crippen molar-refractivity contribution in [3.63, 3.8) is 0 Å². The Morgan fingerprint density at radius 2 is 1.94 bits per heavy atom. The van der Waals surface area contributed by atoms with Gasteiger partial charge in [0.05, 0.1) is 7.11 Å². The summed E-state index contributed by atoms with van der Waals surface area (Å²) in [6.07, 6.45) is 0. The molecule has 17 heavy (non-hydrogen) atoms. The zero-order valence-corrected chi connectivity index (χ0v) is 11.8. The van der Waals surface area contributed by atoms with Gasteiger partial charge >= 0.3 is 6.01 Å². The van der Waals surface area contributed by atoms with Crippen molar-refractivity contribution < 1.29 is 4.74 Å². The van der Waals surface area contributed by atoms with Crippen LogP contribution >= 0.6 is 11.8 Å². The Bertz CT molecular complexity index is 359. The molecular weight excluding hydrogens is 236 g/mol. The van der Waals surface area contributed by atoms with Crippen LogP contribution in [0, 0.1) is 5.92 Å². The predicted molar refractivity (Wildman–Crippen MR) is 70.7 cm³/mol. The van der Waals surface area contributed by atoms with Gasteiger partial charge in [-0.25, -0.2) is 0 Å². The summed E-state index contributed by atoms with van der Waals surface area (Å²) in [5, 5.41) is 4.23. The molecule has 0 bridgehead atoms. The lowest BCUT2D eigenvalue weighted by molar-refractivity contribution is 0.373. The minimum atomic E-state index is 0.356. The van der Waals surface area contributed by atoms with Gasteiger partial charge < -0.3 is 10.1 Å². The summed E-state index contributed by atoms with van der Waals surface area (Å²) in [7, 11) is 1.56. The average Bonchev–Trinajstić information content (AvgIpc) is 2.28. The Balaban J connectivity index is 2.86. The molecule has 1 rings (SSSR count). The Kier molecular flexibility index (Phi) is 5.47. The van der Waals surface area contributed by atoms with Crippen molar-refractivity contribution >= 4 is 17.7 Å². The molecule has 0 saturated heterocycles. The lowest BCUT2D eigenvalue weighted by Crippen LogP contribution is -2.09. The first kappa shape index (κ1) is 14.0. The highest BCUT2D eigenvalue weighted by molar-refractivity contribution is 7.99. The highest BCUT2D eigenvalue weighted by Crippen LogP contribution is 2.26. The molecular formula is C11H20N4OS. The maximum absolute atomic E-state index is 5.07. The van der Waals surface area contributed by atoms with Gasteiger partial charge in [0.25, 0.3) is 0 Å². The van der Waals surface area contributed by atoms with Gasteiger partial charge in [-0.2, -0.15) is 15.0 Å². The fourth-order valence-electron chi connectivity index (χ4n) is 1.02. The SMILES string of the molecule is CCNc1nc(OC)nc(SC(C)C(C)C)n1. The molecule has 0 radical (unpaired) electrons. The van der Waals surface area contributed by atoms with Gasteiger partial charge in [-0.05, 0) is 12.8 Å². The van der Waals surface area contributed by atoms with Gasteiger partial charge in [0.15, 0.2) is 5.16 Å². The average molecular weight is 256 g/mol. The summed E-state index contributed by atoms with van der Waals surface area (Å²) in [6.45, 7) is 9.30. The van der Waals surface area contributed by atoms with Gasteiger partial charge in [0.2, 0.25) is 5.95 Å². The van der Waals surface area contributed by atoms with E-state index in [0.29, 0.717) is 28.3 Å². The van der Waals surface area contributed by atoms with Crippen molar-refractivity contribution in [3.05, 3.63) is 0 Å². The molecule has 1 unspecified atom stereocenters. The van der Waals surface area contributed by atoms with E-state index in [0.717, 1.165) is 6.54 Å². The van der Waals surface area contributed by atoms with E-state index < -0.39 is 0 Å². The molecule has 1 aromatic rings. The van der Waals surface area contributed by atoms with Crippen LogP contribution in [0.5, 0.6) is 6.01 Å². The Morgan fingerprint density at radius 1 is 1.24 bits per heavy atom. The normalized spacial score (nSPS) is 12.6. The molecule has 1 aromatic heterocycles. The standard InChI is InChI=1S/C11H20N4OS/c1-6-12-9-13-10(16-5)15-11(14-9)17-8(4)7(2)3/h7-8H,6H2,1-5H3,(H,12,13,14,15). The quantitative estimate of drug-likeness (QED) is 0.789. The number of thioether (sulfide) groups is 1. The van der Waals surface area contributed by atoms with Crippen LogP contribution in [0.25, 0.3) is 0 Å². The van der Waals surface area contributed by atoms with Crippen LogP contribution < -0.4 is 10.1 Å². The minimum absolute atomic E-state index is 0.356. The van der Waals surface area contributed by atoms with E-state index in [2.05, 4.69) is 41.0 Å². The van der Waals surface area contributed by atoms with Crippen LogP contribution in [0.3, 0.4) is 0 Å². The van der Waals surface area contributed by atoms with Gasteiger partial charge in [-0.1, -0.05) is 32.5 Å². The minimum Gasteiger partial charge on any atom is -0.467 e. The number of rotatable bonds is 6. The maximum Gasteiger partial charge on any atom is 0.321 e. The van der Waals surface area contributed by atoms with Crippen LogP contribution in [0.4, 0.5) is 5.95 Å². The molecule has 0 saturated carbocycles. The molecule has 6 heteroatoms. The Labute approximate surface area is 107 Å². The summed E-state index contributed by atoms with van der Waals surface area (Å²) in [5.74, 6) is 1.14. The first-order valence-corrected chi connectivity index (χ1v) is 6.65. The second-order valence-corrected chi connectivity index (χ2v) is 5.37. The number of methoxy groups -OCH3 is 1. The number of ether oxygens (including phenoxy) is 1. The van der Waals surface area contributed by atoms with Crippen molar-refractivity contribution in [1.82, 2.24) is 15.0 Å². The molecule has 5 nitrogen and oxygen atoms in total. The maximum atomic E-state index is 5.07. The summed E-state index contributed by atoms with van der Waals surface area (Å²) in [6, 6.07) is 0.356. The van der Waals surface area contributed by atoms with Crippen LogP contribution in [0.15, 0.2) is 5.16 Å². The molecule has 0 aliphatic heterocycles. The molecule has 0 aliphatic carbocycles. The van der Waals surface area contributed by atoms with Crippen LogP contribution in [0.1, 0.15) is 27.7 Å². The number of nitrogens with zero attached hydrogens (tertiary/aromatic N) is 3. The highest BCUT2D eigenvalue weighted by atomic mass is 32.2. The number of hydrogen-bond acceptors (Lipinski definition) is 6. The fraction of sp³-hybridized carbons (Fsp3) is 0.727. The van der Waals surface area contributed by atoms with E-state index in [4.69, 9.17) is 4.74 Å². The lowest BCUT2D eigenvalue weighted by atomic mass is 10.2. The molecule has 0 spiro atoms. The van der Waals surface area contributed by atoms with E-state index in [1.165, 1.54) is 0 Å². The zero-order chi connectivity index (χ0) is 12.8. The number of anilines is 1. The van der Waals surface area contributed by atoms with Crippen molar-refractivity contribution in [3.8, 4) is 6.01 Å². The van der Waals surface area contributed by atoms with E-state index in [1.54, 1.807) is 18.9 Å². The molecule has 96 valence electrons. The van der Waals surface area contributed by atoms with Gasteiger partial charge in [-0.15, -0.1) is 0 Å². The predicted octanol–water partition coefficient (Wildman–Crippen LogP) is 2.45. The Hall–Kier alpha value is -1.04. The molecule has 0 aliphatic rings. The summed E-state index contributed by atoms with van der Waals surface area (Å²) in [5.41, 5.74) is 0. The first-order valence-electron chi connectivity index (χ1n) is 5.77. The monoisotopic (exact) mass is 256 g/mol. The van der Waals surface area contributed by atoms with Gasteiger partial charge in [-0.3, -0.25) is 0 Å². The Morgan fingerprint density at radius 3 is 2.47 bits per heavy atom. The first-order chi connectivity index (χ1) is 8.06. The van der Waals surface area contributed by atoms with E-state index >= 15 is 0 Å². The second-order valence-electron chi connectivity index (χ2n) is 4.03. The van der Waals surface area contributed by atoms with E-state index in [9.17, 15) is 0 Å². The molecule has 1 N–H and O–H groups in total.